The minimum atomic E-state index is 0. The molecule has 0 aliphatic heterocycles. The lowest BCUT2D eigenvalue weighted by molar-refractivity contribution is 0.347. The number of aliphatic imine (C=N–C) groups is 1. The second-order valence-electron chi connectivity index (χ2n) is 5.40. The van der Waals surface area contributed by atoms with Gasteiger partial charge in [-0.25, -0.2) is 4.99 Å². The number of benzene rings is 2. The lowest BCUT2D eigenvalue weighted by Gasteiger charge is -2.13. The zero-order valence-electron chi connectivity index (χ0n) is 15.5. The first-order chi connectivity index (χ1) is 12.1. The highest BCUT2D eigenvalue weighted by molar-refractivity contribution is 14.0. The summed E-state index contributed by atoms with van der Waals surface area (Å²) in [6.07, 6.45) is 1.00. The Bertz CT molecular complexity index is 734. The molecule has 0 saturated heterocycles. The molecular weight excluding hydrogens is 445 g/mol. The van der Waals surface area contributed by atoms with E-state index in [-0.39, 0.29) is 24.0 Å². The van der Waals surface area contributed by atoms with Crippen molar-refractivity contribution in [1.82, 2.24) is 0 Å². The molecular formula is C19H26IN3O3. The van der Waals surface area contributed by atoms with Crippen molar-refractivity contribution >= 4 is 35.6 Å². The van der Waals surface area contributed by atoms with Crippen molar-refractivity contribution in [3.05, 3.63) is 47.5 Å². The highest BCUT2D eigenvalue weighted by atomic mass is 127. The molecule has 2 aromatic carbocycles. The molecule has 0 atom stereocenters. The van der Waals surface area contributed by atoms with Gasteiger partial charge in [0, 0.05) is 17.3 Å². The number of rotatable bonds is 7. The molecule has 0 amide bonds. The molecule has 0 aliphatic carbocycles. The summed E-state index contributed by atoms with van der Waals surface area (Å²) in [7, 11) is 4.78. The molecule has 0 saturated carbocycles. The summed E-state index contributed by atoms with van der Waals surface area (Å²) in [5.41, 5.74) is 9.01. The Hall–Kier alpha value is -2.16. The highest BCUT2D eigenvalue weighted by Gasteiger charge is 2.11. The lowest BCUT2D eigenvalue weighted by atomic mass is 10.1. The predicted molar refractivity (Wildman–Crippen MR) is 116 cm³/mol. The molecule has 0 bridgehead atoms. The van der Waals surface area contributed by atoms with Crippen molar-refractivity contribution in [3.8, 4) is 17.2 Å². The Morgan fingerprint density at radius 1 is 0.962 bits per heavy atom. The Morgan fingerprint density at radius 2 is 1.54 bits per heavy atom. The summed E-state index contributed by atoms with van der Waals surface area (Å²) in [5, 5.41) is 3.08. The van der Waals surface area contributed by atoms with Gasteiger partial charge in [-0.2, -0.15) is 0 Å². The van der Waals surface area contributed by atoms with Crippen molar-refractivity contribution in [2.75, 3.05) is 26.6 Å². The van der Waals surface area contributed by atoms with Gasteiger partial charge in [-0.3, -0.25) is 0 Å². The van der Waals surface area contributed by atoms with Crippen LogP contribution in [-0.2, 0) is 13.0 Å². The van der Waals surface area contributed by atoms with Crippen LogP contribution in [0.25, 0.3) is 0 Å². The van der Waals surface area contributed by atoms with Gasteiger partial charge in [0.1, 0.15) is 5.75 Å². The van der Waals surface area contributed by atoms with E-state index in [1.54, 1.807) is 27.4 Å². The number of methoxy groups -OCH3 is 3. The molecule has 0 aliphatic rings. The van der Waals surface area contributed by atoms with E-state index in [4.69, 9.17) is 19.9 Å². The van der Waals surface area contributed by atoms with Gasteiger partial charge in [0.05, 0.1) is 27.9 Å². The average Bonchev–Trinajstić information content (AvgIpc) is 2.66. The monoisotopic (exact) mass is 471 g/mol. The lowest BCUT2D eigenvalue weighted by Crippen LogP contribution is -2.22. The second-order valence-corrected chi connectivity index (χ2v) is 5.40. The number of anilines is 1. The Balaban J connectivity index is 0.00000338. The summed E-state index contributed by atoms with van der Waals surface area (Å²) < 4.78 is 16.0. The van der Waals surface area contributed by atoms with Gasteiger partial charge < -0.3 is 25.3 Å². The van der Waals surface area contributed by atoms with Crippen LogP contribution in [0.15, 0.2) is 41.4 Å². The fourth-order valence-corrected chi connectivity index (χ4v) is 2.40. The van der Waals surface area contributed by atoms with Crippen LogP contribution in [0, 0.1) is 0 Å². The quantitative estimate of drug-likeness (QED) is 0.365. The summed E-state index contributed by atoms with van der Waals surface area (Å²) >= 11 is 0. The summed E-state index contributed by atoms with van der Waals surface area (Å²) in [5.74, 6) is 2.23. The largest absolute Gasteiger partial charge is 0.496 e. The third-order valence-corrected chi connectivity index (χ3v) is 3.84. The van der Waals surface area contributed by atoms with E-state index < -0.39 is 0 Å². The topological polar surface area (TPSA) is 78.1 Å². The second kappa shape index (κ2) is 10.7. The summed E-state index contributed by atoms with van der Waals surface area (Å²) in [4.78, 5) is 4.38. The van der Waals surface area contributed by atoms with Gasteiger partial charge >= 0.3 is 0 Å². The van der Waals surface area contributed by atoms with Crippen LogP contribution in [0.5, 0.6) is 17.2 Å². The minimum absolute atomic E-state index is 0. The maximum atomic E-state index is 5.98. The van der Waals surface area contributed by atoms with Crippen molar-refractivity contribution in [3.63, 3.8) is 0 Å². The predicted octanol–water partition coefficient (Wildman–Crippen LogP) is 3.82. The van der Waals surface area contributed by atoms with Crippen LogP contribution in [-0.4, -0.2) is 27.3 Å². The molecule has 0 fully saturated rings. The van der Waals surface area contributed by atoms with Crippen LogP contribution >= 0.6 is 24.0 Å². The summed E-state index contributed by atoms with van der Waals surface area (Å²) in [6, 6.07) is 11.7. The molecule has 3 N–H and O–H groups in total. The maximum absolute atomic E-state index is 5.98. The highest BCUT2D eigenvalue weighted by Crippen LogP contribution is 2.34. The Labute approximate surface area is 171 Å². The molecule has 0 radical (unpaired) electrons. The van der Waals surface area contributed by atoms with Crippen LogP contribution < -0.4 is 25.3 Å². The molecule has 26 heavy (non-hydrogen) atoms. The molecule has 0 spiro atoms. The molecule has 2 rings (SSSR count). The summed E-state index contributed by atoms with van der Waals surface area (Å²) in [6.45, 7) is 2.48. The number of guanidine groups is 1. The smallest absolute Gasteiger partial charge is 0.193 e. The molecule has 6 nitrogen and oxygen atoms in total. The number of nitrogens with two attached hydrogens (primary N) is 1. The fraction of sp³-hybridized carbons (Fsp3) is 0.316. The maximum Gasteiger partial charge on any atom is 0.193 e. The van der Waals surface area contributed by atoms with E-state index in [0.29, 0.717) is 29.8 Å². The average molecular weight is 471 g/mol. The zero-order valence-corrected chi connectivity index (χ0v) is 17.9. The van der Waals surface area contributed by atoms with E-state index in [1.165, 1.54) is 5.56 Å². The van der Waals surface area contributed by atoms with Crippen molar-refractivity contribution < 1.29 is 14.2 Å². The zero-order chi connectivity index (χ0) is 18.2. The van der Waals surface area contributed by atoms with Gasteiger partial charge in [-0.1, -0.05) is 19.1 Å². The van der Waals surface area contributed by atoms with Gasteiger partial charge in [-0.15, -0.1) is 24.0 Å². The number of halogens is 1. The van der Waals surface area contributed by atoms with Gasteiger partial charge in [0.15, 0.2) is 17.5 Å². The van der Waals surface area contributed by atoms with E-state index in [0.717, 1.165) is 17.7 Å². The normalized spacial score (nSPS) is 10.7. The van der Waals surface area contributed by atoms with Crippen LogP contribution in [0.2, 0.25) is 0 Å². The molecule has 142 valence electrons. The molecule has 7 heteroatoms. The van der Waals surface area contributed by atoms with E-state index in [9.17, 15) is 0 Å². The molecule has 0 heterocycles. The minimum Gasteiger partial charge on any atom is -0.496 e. The van der Waals surface area contributed by atoms with E-state index in [2.05, 4.69) is 29.4 Å². The van der Waals surface area contributed by atoms with Gasteiger partial charge in [-0.05, 0) is 30.2 Å². The van der Waals surface area contributed by atoms with Crippen LogP contribution in [0.1, 0.15) is 18.1 Å². The van der Waals surface area contributed by atoms with Crippen molar-refractivity contribution in [1.29, 1.82) is 0 Å². The third-order valence-electron chi connectivity index (χ3n) is 3.84. The number of hydrogen-bond donors (Lipinski definition) is 2. The van der Waals surface area contributed by atoms with Gasteiger partial charge in [0.25, 0.3) is 0 Å². The van der Waals surface area contributed by atoms with Crippen LogP contribution in [0.3, 0.4) is 0 Å². The Kier molecular flexibility index (Phi) is 9.04. The molecule has 0 unspecified atom stereocenters. The number of nitrogens with one attached hydrogen (secondary N) is 1. The third kappa shape index (κ3) is 5.69. The first-order valence-electron chi connectivity index (χ1n) is 8.06. The SMILES string of the molecule is CCc1ccc(NC(N)=NCc2cc(OC)c(OC)cc2OC)cc1.I. The van der Waals surface area contributed by atoms with E-state index in [1.807, 2.05) is 18.2 Å². The number of aryl methyl sites for hydroxylation is 1. The first-order valence-corrected chi connectivity index (χ1v) is 8.06. The van der Waals surface area contributed by atoms with Crippen molar-refractivity contribution in [2.45, 2.75) is 19.9 Å². The number of hydrogen-bond acceptors (Lipinski definition) is 4. The van der Waals surface area contributed by atoms with Crippen molar-refractivity contribution in [2.24, 2.45) is 10.7 Å². The standard InChI is InChI=1S/C19H25N3O3.HI/c1-5-13-6-8-15(9-7-13)22-19(20)21-12-14-10-17(24-3)18(25-4)11-16(14)23-2;/h6-11H,5,12H2,1-4H3,(H3,20,21,22);1H. The van der Waals surface area contributed by atoms with E-state index >= 15 is 0 Å². The fourth-order valence-electron chi connectivity index (χ4n) is 2.40. The molecule has 2 aromatic rings. The molecule has 0 aromatic heterocycles. The van der Waals surface area contributed by atoms with Gasteiger partial charge in [0.2, 0.25) is 0 Å². The number of nitrogens with zero attached hydrogens (tertiary/aromatic N) is 1. The first kappa shape index (κ1) is 21.9. The van der Waals surface area contributed by atoms with Crippen LogP contribution in [0.4, 0.5) is 5.69 Å². The number of ether oxygens (including phenoxy) is 3. The Morgan fingerprint density at radius 3 is 2.08 bits per heavy atom.